The molecule has 0 aliphatic heterocycles. The highest BCUT2D eigenvalue weighted by Crippen LogP contribution is 2.36. The topological polar surface area (TPSA) is 51.8 Å². The number of anilines is 1. The van der Waals surface area contributed by atoms with Crippen LogP contribution in [0.25, 0.3) is 0 Å². The molecule has 0 aliphatic carbocycles. The fraction of sp³-hybridized carbons (Fsp3) is 0.231. The molecule has 0 atom stereocenters. The summed E-state index contributed by atoms with van der Waals surface area (Å²) in [5, 5.41) is 1.06. The maximum atomic E-state index is 5.98. The predicted molar refractivity (Wildman–Crippen MR) is 83.7 cm³/mol. The zero-order valence-corrected chi connectivity index (χ0v) is 13.5. The number of halogens is 2. The fourth-order valence-corrected chi connectivity index (χ4v) is 3.32. The second-order valence-corrected chi connectivity index (χ2v) is 6.11. The van der Waals surface area contributed by atoms with Crippen LogP contribution < -0.4 is 5.73 Å². The molecule has 6 heteroatoms. The lowest BCUT2D eigenvalue weighted by atomic mass is 10.2. The first-order valence-corrected chi connectivity index (χ1v) is 7.84. The molecule has 3 nitrogen and oxygen atoms in total. The van der Waals surface area contributed by atoms with Gasteiger partial charge in [-0.15, -0.1) is 0 Å². The van der Waals surface area contributed by atoms with E-state index in [-0.39, 0.29) is 5.28 Å². The summed E-state index contributed by atoms with van der Waals surface area (Å²) < 4.78 is 0.895. The molecule has 0 unspecified atom stereocenters. The average Bonchev–Trinajstić information content (AvgIpc) is 2.38. The van der Waals surface area contributed by atoms with Crippen molar-refractivity contribution < 1.29 is 0 Å². The van der Waals surface area contributed by atoms with Crippen molar-refractivity contribution in [2.45, 2.75) is 29.7 Å². The van der Waals surface area contributed by atoms with Gasteiger partial charge in [0.25, 0.3) is 0 Å². The average molecular weight is 359 g/mol. The van der Waals surface area contributed by atoms with E-state index in [1.807, 2.05) is 24.3 Å². The van der Waals surface area contributed by atoms with E-state index in [0.717, 1.165) is 38.6 Å². The van der Waals surface area contributed by atoms with Gasteiger partial charge in [-0.25, -0.2) is 9.97 Å². The van der Waals surface area contributed by atoms with E-state index in [0.29, 0.717) is 0 Å². The Morgan fingerprint density at radius 3 is 2.74 bits per heavy atom. The van der Waals surface area contributed by atoms with Crippen molar-refractivity contribution >= 4 is 45.0 Å². The van der Waals surface area contributed by atoms with Crippen molar-refractivity contribution in [3.8, 4) is 0 Å². The van der Waals surface area contributed by atoms with Crippen molar-refractivity contribution in [2.75, 3.05) is 5.73 Å². The van der Waals surface area contributed by atoms with Crippen LogP contribution >= 0.6 is 39.3 Å². The highest BCUT2D eigenvalue weighted by atomic mass is 79.9. The number of hydrogen-bond acceptors (Lipinski definition) is 4. The van der Waals surface area contributed by atoms with Crippen molar-refractivity contribution in [3.63, 3.8) is 0 Å². The molecule has 0 fully saturated rings. The van der Waals surface area contributed by atoms with Crippen LogP contribution in [0.5, 0.6) is 0 Å². The zero-order valence-electron chi connectivity index (χ0n) is 10.4. The molecule has 19 heavy (non-hydrogen) atoms. The van der Waals surface area contributed by atoms with Crippen LogP contribution in [-0.4, -0.2) is 9.97 Å². The Labute approximate surface area is 130 Å². The smallest absolute Gasteiger partial charge is 0.223 e. The first-order valence-electron chi connectivity index (χ1n) is 5.86. The van der Waals surface area contributed by atoms with Gasteiger partial charge in [-0.2, -0.15) is 0 Å². The summed E-state index contributed by atoms with van der Waals surface area (Å²) in [4.78, 5) is 9.48. The third kappa shape index (κ3) is 3.61. The zero-order chi connectivity index (χ0) is 13.8. The van der Waals surface area contributed by atoms with Crippen molar-refractivity contribution in [1.82, 2.24) is 9.97 Å². The third-order valence-corrected chi connectivity index (χ3v) is 4.82. The quantitative estimate of drug-likeness (QED) is 0.494. The SMILES string of the molecule is CCCc1nc(Cl)nc(Sc2ccccc2N)c1Br. The minimum atomic E-state index is 0.267. The van der Waals surface area contributed by atoms with Crippen LogP contribution in [0.1, 0.15) is 19.0 Å². The molecule has 0 radical (unpaired) electrons. The first-order chi connectivity index (χ1) is 9.11. The van der Waals surface area contributed by atoms with Crippen LogP contribution in [0.2, 0.25) is 5.28 Å². The number of rotatable bonds is 4. The second kappa shape index (κ2) is 6.59. The summed E-state index contributed by atoms with van der Waals surface area (Å²) in [6.45, 7) is 2.10. The van der Waals surface area contributed by atoms with Gasteiger partial charge < -0.3 is 5.73 Å². The Bertz CT molecular complexity index is 592. The molecule has 0 spiro atoms. The molecule has 1 aromatic carbocycles. The van der Waals surface area contributed by atoms with Crippen LogP contribution in [0.4, 0.5) is 5.69 Å². The molecule has 2 rings (SSSR count). The van der Waals surface area contributed by atoms with E-state index < -0.39 is 0 Å². The Balaban J connectivity index is 2.37. The molecule has 100 valence electrons. The molecular weight excluding hydrogens is 346 g/mol. The summed E-state index contributed by atoms with van der Waals surface area (Å²) in [5.74, 6) is 0. The van der Waals surface area contributed by atoms with Gasteiger partial charge in [0, 0.05) is 10.6 Å². The van der Waals surface area contributed by atoms with Crippen LogP contribution in [0.3, 0.4) is 0 Å². The van der Waals surface area contributed by atoms with E-state index in [1.165, 1.54) is 11.8 Å². The highest BCUT2D eigenvalue weighted by molar-refractivity contribution is 9.10. The molecule has 1 aromatic heterocycles. The van der Waals surface area contributed by atoms with Crippen molar-refractivity contribution in [1.29, 1.82) is 0 Å². The number of aromatic nitrogens is 2. The van der Waals surface area contributed by atoms with Gasteiger partial charge in [0.05, 0.1) is 10.2 Å². The van der Waals surface area contributed by atoms with Gasteiger partial charge in [0.1, 0.15) is 5.03 Å². The summed E-state index contributed by atoms with van der Waals surface area (Å²) >= 11 is 11.0. The lowest BCUT2D eigenvalue weighted by molar-refractivity contribution is 0.843. The minimum absolute atomic E-state index is 0.267. The lowest BCUT2D eigenvalue weighted by Crippen LogP contribution is -1.97. The van der Waals surface area contributed by atoms with Gasteiger partial charge in [-0.3, -0.25) is 0 Å². The Hall–Kier alpha value is -0.780. The molecule has 0 saturated heterocycles. The minimum Gasteiger partial charge on any atom is -0.398 e. The molecular formula is C13H13BrClN3S. The molecule has 0 saturated carbocycles. The number of para-hydroxylation sites is 1. The largest absolute Gasteiger partial charge is 0.398 e. The molecule has 2 aromatic rings. The standard InChI is InChI=1S/C13H13BrClN3S/c1-2-5-9-11(14)12(18-13(15)17-9)19-10-7-4-3-6-8(10)16/h3-4,6-7H,2,5,16H2,1H3. The maximum absolute atomic E-state index is 5.98. The number of hydrogen-bond donors (Lipinski definition) is 1. The predicted octanol–water partition coefficient (Wildman–Crippen LogP) is 4.58. The molecule has 0 bridgehead atoms. The van der Waals surface area contributed by atoms with Crippen LogP contribution in [0.15, 0.2) is 38.7 Å². The number of benzene rings is 1. The second-order valence-electron chi connectivity index (χ2n) is 3.95. The van der Waals surface area contributed by atoms with E-state index >= 15 is 0 Å². The monoisotopic (exact) mass is 357 g/mol. The number of aryl methyl sites for hydroxylation is 1. The molecule has 2 N–H and O–H groups in total. The van der Waals surface area contributed by atoms with Gasteiger partial charge in [-0.1, -0.05) is 37.2 Å². The van der Waals surface area contributed by atoms with Crippen molar-refractivity contribution in [3.05, 3.63) is 39.7 Å². The summed E-state index contributed by atoms with van der Waals surface area (Å²) in [6, 6.07) is 7.68. The summed E-state index contributed by atoms with van der Waals surface area (Å²) in [5.41, 5.74) is 7.60. The maximum Gasteiger partial charge on any atom is 0.223 e. The van der Waals surface area contributed by atoms with E-state index in [4.69, 9.17) is 17.3 Å². The van der Waals surface area contributed by atoms with Gasteiger partial charge in [0.15, 0.2) is 0 Å². The molecule has 1 heterocycles. The van der Waals surface area contributed by atoms with Crippen LogP contribution in [0, 0.1) is 0 Å². The summed E-state index contributed by atoms with van der Waals surface area (Å²) in [7, 11) is 0. The summed E-state index contributed by atoms with van der Waals surface area (Å²) in [6.07, 6.45) is 1.87. The highest BCUT2D eigenvalue weighted by Gasteiger charge is 2.13. The number of nitrogen functional groups attached to an aromatic ring is 1. The normalized spacial score (nSPS) is 10.7. The van der Waals surface area contributed by atoms with Gasteiger partial charge in [-0.05, 0) is 46.1 Å². The number of nitrogens with zero attached hydrogens (tertiary/aromatic N) is 2. The van der Waals surface area contributed by atoms with E-state index in [1.54, 1.807) is 0 Å². The first kappa shape index (κ1) is 14.6. The van der Waals surface area contributed by atoms with Crippen LogP contribution in [-0.2, 0) is 6.42 Å². The number of nitrogens with two attached hydrogens (primary N) is 1. The van der Waals surface area contributed by atoms with E-state index in [2.05, 4.69) is 32.8 Å². The fourth-order valence-electron chi connectivity index (χ4n) is 1.59. The Morgan fingerprint density at radius 1 is 1.32 bits per heavy atom. The Morgan fingerprint density at radius 2 is 2.05 bits per heavy atom. The lowest BCUT2D eigenvalue weighted by Gasteiger charge is -2.09. The van der Waals surface area contributed by atoms with Gasteiger partial charge in [0.2, 0.25) is 5.28 Å². The third-order valence-electron chi connectivity index (χ3n) is 2.47. The molecule has 0 aliphatic rings. The molecule has 0 amide bonds. The van der Waals surface area contributed by atoms with Crippen molar-refractivity contribution in [2.24, 2.45) is 0 Å². The van der Waals surface area contributed by atoms with E-state index in [9.17, 15) is 0 Å². The Kier molecular flexibility index (Phi) is 5.07. The van der Waals surface area contributed by atoms with Gasteiger partial charge >= 0.3 is 0 Å².